The van der Waals surface area contributed by atoms with Crippen LogP contribution in [0.25, 0.3) is 11.0 Å². The van der Waals surface area contributed by atoms with E-state index in [2.05, 4.69) is 32.1 Å². The van der Waals surface area contributed by atoms with Gasteiger partial charge in [-0.1, -0.05) is 18.5 Å². The fourth-order valence-corrected chi connectivity index (χ4v) is 3.90. The first-order valence-corrected chi connectivity index (χ1v) is 9.73. The van der Waals surface area contributed by atoms with Crippen molar-refractivity contribution in [2.75, 3.05) is 30.4 Å². The lowest BCUT2D eigenvalue weighted by Gasteiger charge is -2.42. The van der Waals surface area contributed by atoms with Gasteiger partial charge in [0.15, 0.2) is 0 Å². The molecule has 8 heteroatoms. The molecule has 0 aliphatic carbocycles. The Balaban J connectivity index is 1.50. The topological polar surface area (TPSA) is 77.2 Å². The van der Waals surface area contributed by atoms with Crippen LogP contribution in [0.4, 0.5) is 16.3 Å². The number of nitrogens with one attached hydrogen (secondary N) is 2. The van der Waals surface area contributed by atoms with Gasteiger partial charge in [-0.15, -0.1) is 0 Å². The van der Waals surface area contributed by atoms with Crippen molar-refractivity contribution in [3.05, 3.63) is 47.9 Å². The van der Waals surface area contributed by atoms with Crippen LogP contribution in [0.2, 0.25) is 5.02 Å². The molecule has 0 radical (unpaired) electrons. The smallest absolute Gasteiger partial charge is 0.321 e. The number of amides is 2. The van der Waals surface area contributed by atoms with Gasteiger partial charge >= 0.3 is 6.03 Å². The third kappa shape index (κ3) is 3.62. The first kappa shape index (κ1) is 18.6. The van der Waals surface area contributed by atoms with Gasteiger partial charge in [0.1, 0.15) is 17.8 Å². The van der Waals surface area contributed by atoms with Crippen molar-refractivity contribution in [1.82, 2.24) is 19.9 Å². The molecule has 1 fully saturated rings. The number of likely N-dealkylation sites (N-methyl/N-ethyl adjacent to an activating group) is 1. The Morgan fingerprint density at radius 3 is 2.86 bits per heavy atom. The van der Waals surface area contributed by atoms with Crippen LogP contribution in [0.5, 0.6) is 0 Å². The van der Waals surface area contributed by atoms with Crippen molar-refractivity contribution in [2.24, 2.45) is 5.92 Å². The maximum Gasteiger partial charge on any atom is 0.321 e. The van der Waals surface area contributed by atoms with E-state index in [4.69, 9.17) is 11.6 Å². The highest BCUT2D eigenvalue weighted by atomic mass is 35.5. The normalized spacial score (nSPS) is 19.6. The largest absolute Gasteiger partial charge is 0.354 e. The van der Waals surface area contributed by atoms with Gasteiger partial charge in [0.05, 0.1) is 11.4 Å². The highest BCUT2D eigenvalue weighted by Crippen LogP contribution is 2.29. The van der Waals surface area contributed by atoms with Crippen LogP contribution in [0.3, 0.4) is 0 Å². The van der Waals surface area contributed by atoms with Crippen molar-refractivity contribution in [1.29, 1.82) is 0 Å². The molecule has 7 nitrogen and oxygen atoms in total. The molecule has 0 saturated carbocycles. The predicted molar refractivity (Wildman–Crippen MR) is 112 cm³/mol. The number of anilines is 2. The van der Waals surface area contributed by atoms with Gasteiger partial charge in [-0.05, 0) is 42.7 Å². The van der Waals surface area contributed by atoms with Crippen LogP contribution in [0.15, 0.2) is 42.9 Å². The Bertz CT molecular complexity index is 972. The molecular weight excluding hydrogens is 376 g/mol. The summed E-state index contributed by atoms with van der Waals surface area (Å²) in [5.74, 6) is 1.32. The number of nitrogens with zero attached hydrogens (tertiary/aromatic N) is 4. The molecule has 1 aliphatic heterocycles. The summed E-state index contributed by atoms with van der Waals surface area (Å²) < 4.78 is 0. The van der Waals surface area contributed by atoms with Crippen LogP contribution in [-0.2, 0) is 0 Å². The number of benzene rings is 1. The number of piperidine rings is 1. The van der Waals surface area contributed by atoms with E-state index in [1.54, 1.807) is 30.6 Å². The Morgan fingerprint density at radius 2 is 2.07 bits per heavy atom. The van der Waals surface area contributed by atoms with Crippen LogP contribution < -0.4 is 10.2 Å². The predicted octanol–water partition coefficient (Wildman–Crippen LogP) is 3.99. The second kappa shape index (κ2) is 7.67. The van der Waals surface area contributed by atoms with Gasteiger partial charge in [0.2, 0.25) is 0 Å². The molecule has 1 aliphatic rings. The molecule has 2 aromatic heterocycles. The lowest BCUT2D eigenvalue weighted by molar-refractivity contribution is 0.172. The zero-order valence-corrected chi connectivity index (χ0v) is 16.6. The van der Waals surface area contributed by atoms with Crippen molar-refractivity contribution in [3.8, 4) is 0 Å². The van der Waals surface area contributed by atoms with Gasteiger partial charge in [-0.2, -0.15) is 0 Å². The number of rotatable bonds is 3. The number of fused-ring (bicyclic) bond motifs is 1. The molecule has 0 spiro atoms. The molecule has 146 valence electrons. The SMILES string of the molecule is CC1CCN(C(=O)Nc2ccc(Cl)cc2)CC1N(C)c1ncnc2[nH]ccc12. The monoisotopic (exact) mass is 398 g/mol. The average molecular weight is 399 g/mol. The van der Waals surface area contributed by atoms with Crippen molar-refractivity contribution < 1.29 is 4.79 Å². The summed E-state index contributed by atoms with van der Waals surface area (Å²) >= 11 is 5.92. The van der Waals surface area contributed by atoms with E-state index in [1.165, 1.54) is 0 Å². The van der Waals surface area contributed by atoms with Crippen LogP contribution >= 0.6 is 11.6 Å². The molecule has 1 aromatic carbocycles. The van der Waals surface area contributed by atoms with Gasteiger partial charge in [-0.3, -0.25) is 0 Å². The number of hydrogen-bond acceptors (Lipinski definition) is 4. The summed E-state index contributed by atoms with van der Waals surface area (Å²) in [6.45, 7) is 3.59. The number of carbonyl (C=O) groups excluding carboxylic acids is 1. The van der Waals surface area contributed by atoms with E-state index < -0.39 is 0 Å². The van der Waals surface area contributed by atoms with E-state index in [9.17, 15) is 4.79 Å². The summed E-state index contributed by atoms with van der Waals surface area (Å²) in [7, 11) is 2.04. The zero-order valence-electron chi connectivity index (χ0n) is 15.9. The molecular formula is C20H23ClN6O. The van der Waals surface area contributed by atoms with Crippen LogP contribution in [0.1, 0.15) is 13.3 Å². The molecule has 3 heterocycles. The van der Waals surface area contributed by atoms with Crippen LogP contribution in [-0.4, -0.2) is 52.1 Å². The Morgan fingerprint density at radius 1 is 1.29 bits per heavy atom. The molecule has 3 aromatic rings. The van der Waals surface area contributed by atoms with E-state index in [1.807, 2.05) is 24.2 Å². The summed E-state index contributed by atoms with van der Waals surface area (Å²) in [4.78, 5) is 28.7. The number of H-pyrrole nitrogens is 1. The molecule has 1 saturated heterocycles. The quantitative estimate of drug-likeness (QED) is 0.699. The number of carbonyl (C=O) groups is 1. The van der Waals surface area contributed by atoms with E-state index >= 15 is 0 Å². The van der Waals surface area contributed by atoms with E-state index in [0.717, 1.165) is 35.5 Å². The fourth-order valence-electron chi connectivity index (χ4n) is 3.77. The first-order valence-electron chi connectivity index (χ1n) is 9.35. The minimum Gasteiger partial charge on any atom is -0.354 e. The highest BCUT2D eigenvalue weighted by Gasteiger charge is 2.32. The summed E-state index contributed by atoms with van der Waals surface area (Å²) in [5.41, 5.74) is 1.56. The summed E-state index contributed by atoms with van der Waals surface area (Å²) in [6.07, 6.45) is 4.38. The number of likely N-dealkylation sites (tertiary alicyclic amines) is 1. The molecule has 4 rings (SSSR count). The Labute approximate surface area is 168 Å². The maximum absolute atomic E-state index is 12.8. The summed E-state index contributed by atoms with van der Waals surface area (Å²) in [6, 6.07) is 9.20. The van der Waals surface area contributed by atoms with Crippen LogP contribution in [0, 0.1) is 5.92 Å². The third-order valence-corrected chi connectivity index (χ3v) is 5.72. The second-order valence-electron chi connectivity index (χ2n) is 7.26. The van der Waals surface area contributed by atoms with Crippen molar-refractivity contribution >= 4 is 40.2 Å². The number of urea groups is 1. The molecule has 2 atom stereocenters. The van der Waals surface area contributed by atoms with Gasteiger partial charge in [0.25, 0.3) is 0 Å². The molecule has 2 amide bonds. The minimum absolute atomic E-state index is 0.0953. The summed E-state index contributed by atoms with van der Waals surface area (Å²) in [5, 5.41) is 4.59. The number of hydrogen-bond donors (Lipinski definition) is 2. The van der Waals surface area contributed by atoms with Gasteiger partial charge < -0.3 is 20.1 Å². The molecule has 2 N–H and O–H groups in total. The number of halogens is 1. The fraction of sp³-hybridized carbons (Fsp3) is 0.350. The minimum atomic E-state index is -0.0953. The average Bonchev–Trinajstić information content (AvgIpc) is 3.18. The van der Waals surface area contributed by atoms with Gasteiger partial charge in [-0.25, -0.2) is 14.8 Å². The Hall–Kier alpha value is -2.80. The Kier molecular flexibility index (Phi) is 5.09. The first-order chi connectivity index (χ1) is 13.5. The van der Waals surface area contributed by atoms with E-state index in [0.29, 0.717) is 17.5 Å². The lowest BCUT2D eigenvalue weighted by atomic mass is 9.92. The zero-order chi connectivity index (χ0) is 19.7. The maximum atomic E-state index is 12.8. The second-order valence-corrected chi connectivity index (χ2v) is 7.70. The molecule has 0 bridgehead atoms. The number of aromatic nitrogens is 3. The molecule has 28 heavy (non-hydrogen) atoms. The van der Waals surface area contributed by atoms with E-state index in [-0.39, 0.29) is 12.1 Å². The van der Waals surface area contributed by atoms with Crippen molar-refractivity contribution in [2.45, 2.75) is 19.4 Å². The van der Waals surface area contributed by atoms with Gasteiger partial charge in [0, 0.05) is 37.0 Å². The third-order valence-electron chi connectivity index (χ3n) is 5.47. The van der Waals surface area contributed by atoms with Crippen molar-refractivity contribution in [3.63, 3.8) is 0 Å². The number of aromatic amines is 1. The highest BCUT2D eigenvalue weighted by molar-refractivity contribution is 6.30. The standard InChI is InChI=1S/C20H23ClN6O/c1-13-8-10-27(20(28)25-15-5-3-14(21)4-6-15)11-17(13)26(2)19-16-7-9-22-18(16)23-12-24-19/h3-7,9,12-13,17H,8,10-11H2,1-2H3,(H,25,28)(H,22,23,24). The lowest BCUT2D eigenvalue weighted by Crippen LogP contribution is -2.53. The molecule has 2 unspecified atom stereocenters.